The van der Waals surface area contributed by atoms with E-state index in [9.17, 15) is 13.6 Å². The Morgan fingerprint density at radius 1 is 1.38 bits per heavy atom. The molecule has 5 heterocycles. The maximum Gasteiger partial charge on any atom is 0.388 e. The number of ether oxygens (including phenoxy) is 2. The molecule has 0 bridgehead atoms. The molecule has 3 aliphatic heterocycles. The van der Waals surface area contributed by atoms with Crippen molar-refractivity contribution in [3.63, 3.8) is 0 Å². The van der Waals surface area contributed by atoms with Gasteiger partial charge in [-0.25, -0.2) is 15.0 Å². The number of carbonyl (C=O) groups excluding carboxylic acids is 1. The van der Waals surface area contributed by atoms with E-state index < -0.39 is 6.61 Å². The highest BCUT2D eigenvalue weighted by atomic mass is 35.5. The van der Waals surface area contributed by atoms with Gasteiger partial charge in [0.1, 0.15) is 23.3 Å². The fourth-order valence-electron chi connectivity index (χ4n) is 3.78. The normalized spacial score (nSPS) is 19.6. The fourth-order valence-corrected chi connectivity index (χ4v) is 3.93. The number of hydrazine groups is 1. The number of aliphatic imine (C=N–C) groups is 1. The third-order valence-corrected chi connectivity index (χ3v) is 5.32. The van der Waals surface area contributed by atoms with Gasteiger partial charge < -0.3 is 9.47 Å². The van der Waals surface area contributed by atoms with Crippen molar-refractivity contribution in [2.24, 2.45) is 4.99 Å². The standard InChI is InChI=1S/C20H17ClF2N6O3/c21-12-8-14(19(25-9-12)32-20(22)23)18-15(28-7-4-16-24-5-1-6-29(16)28)11-27(26-18)10-13-2-3-17(30)31-13/h1,4-6,8-9,11,13,20H,2-3,7,10H2. The molecule has 2 aromatic rings. The van der Waals surface area contributed by atoms with Gasteiger partial charge in [0.2, 0.25) is 5.88 Å². The topological polar surface area (TPSA) is 85.1 Å². The summed E-state index contributed by atoms with van der Waals surface area (Å²) in [5.74, 6) is 0.186. The number of anilines is 1. The van der Waals surface area contributed by atoms with Crippen LogP contribution in [0.4, 0.5) is 14.5 Å². The Morgan fingerprint density at radius 3 is 3.03 bits per heavy atom. The van der Waals surface area contributed by atoms with Crippen LogP contribution in [0.2, 0.25) is 5.02 Å². The van der Waals surface area contributed by atoms with Crippen LogP contribution < -0.4 is 9.75 Å². The van der Waals surface area contributed by atoms with Gasteiger partial charge in [-0.1, -0.05) is 11.6 Å². The zero-order chi connectivity index (χ0) is 22.2. The molecule has 0 N–H and O–H groups in total. The van der Waals surface area contributed by atoms with Crippen molar-refractivity contribution in [2.45, 2.75) is 32.1 Å². The molecular weight excluding hydrogens is 446 g/mol. The number of esters is 1. The smallest absolute Gasteiger partial charge is 0.388 e. The molecule has 166 valence electrons. The first-order valence-electron chi connectivity index (χ1n) is 9.83. The van der Waals surface area contributed by atoms with Crippen molar-refractivity contribution in [3.05, 3.63) is 47.7 Å². The average Bonchev–Trinajstić information content (AvgIpc) is 3.47. The van der Waals surface area contributed by atoms with E-state index in [4.69, 9.17) is 16.3 Å². The van der Waals surface area contributed by atoms with Crippen LogP contribution in [0.15, 0.2) is 47.6 Å². The van der Waals surface area contributed by atoms with E-state index >= 15 is 0 Å². The van der Waals surface area contributed by atoms with Gasteiger partial charge in [0.15, 0.2) is 0 Å². The first kappa shape index (κ1) is 20.4. The minimum absolute atomic E-state index is 0.216. The van der Waals surface area contributed by atoms with Crippen LogP contribution in [0.25, 0.3) is 11.3 Å². The Hall–Kier alpha value is -3.47. The van der Waals surface area contributed by atoms with Crippen LogP contribution in [0, 0.1) is 0 Å². The average molecular weight is 463 g/mol. The number of aromatic nitrogens is 3. The highest BCUT2D eigenvalue weighted by Crippen LogP contribution is 2.39. The number of hydrogen-bond donors (Lipinski definition) is 0. The van der Waals surface area contributed by atoms with Gasteiger partial charge in [-0.2, -0.15) is 13.9 Å². The van der Waals surface area contributed by atoms with Crippen LogP contribution in [-0.2, 0) is 16.1 Å². The first-order chi connectivity index (χ1) is 15.5. The Balaban J connectivity index is 1.57. The monoisotopic (exact) mass is 462 g/mol. The Kier molecular flexibility index (Phi) is 5.25. The predicted octanol–water partition coefficient (Wildman–Crippen LogP) is 3.38. The van der Waals surface area contributed by atoms with Gasteiger partial charge >= 0.3 is 12.6 Å². The lowest BCUT2D eigenvalue weighted by Crippen LogP contribution is -2.34. The van der Waals surface area contributed by atoms with Crippen molar-refractivity contribution in [1.29, 1.82) is 0 Å². The molecule has 0 aromatic carbocycles. The predicted molar refractivity (Wildman–Crippen MR) is 111 cm³/mol. The molecule has 5 rings (SSSR count). The maximum atomic E-state index is 13.0. The first-order valence-corrected chi connectivity index (χ1v) is 10.2. The Morgan fingerprint density at radius 2 is 2.25 bits per heavy atom. The molecule has 1 atom stereocenters. The second-order valence-electron chi connectivity index (χ2n) is 7.23. The molecule has 9 nitrogen and oxygen atoms in total. The molecule has 0 aliphatic carbocycles. The van der Waals surface area contributed by atoms with Crippen LogP contribution in [0.1, 0.15) is 12.8 Å². The summed E-state index contributed by atoms with van der Waals surface area (Å²) in [6.07, 6.45) is 10.8. The van der Waals surface area contributed by atoms with Crippen molar-refractivity contribution >= 4 is 29.5 Å². The minimum atomic E-state index is -3.06. The number of fused-ring (bicyclic) bond motifs is 1. The quantitative estimate of drug-likeness (QED) is 0.608. The van der Waals surface area contributed by atoms with Gasteiger partial charge in [0.05, 0.1) is 29.9 Å². The SMILES string of the molecule is O=C1CCC(Cn2cc(N3CC=C4N=CC=CN43)c(-c3cc(Cl)cnc3OC(F)F)n2)O1. The minimum Gasteiger partial charge on any atom is -0.460 e. The van der Waals surface area contributed by atoms with E-state index in [-0.39, 0.29) is 28.5 Å². The molecule has 0 saturated carbocycles. The lowest BCUT2D eigenvalue weighted by molar-refractivity contribution is -0.141. The number of rotatable bonds is 6. The van der Waals surface area contributed by atoms with Crippen molar-refractivity contribution in [3.8, 4) is 17.1 Å². The number of alkyl halides is 2. The van der Waals surface area contributed by atoms with Crippen LogP contribution in [0.3, 0.4) is 0 Å². The molecule has 2 aromatic heterocycles. The molecule has 1 saturated heterocycles. The summed E-state index contributed by atoms with van der Waals surface area (Å²) < 4.78 is 37.6. The summed E-state index contributed by atoms with van der Waals surface area (Å²) >= 11 is 6.12. The number of pyridine rings is 1. The summed E-state index contributed by atoms with van der Waals surface area (Å²) in [4.78, 5) is 19.7. The molecule has 1 unspecified atom stereocenters. The van der Waals surface area contributed by atoms with Gasteiger partial charge in [0, 0.05) is 25.0 Å². The van der Waals surface area contributed by atoms with E-state index in [1.54, 1.807) is 23.2 Å². The number of carbonyl (C=O) groups is 1. The second-order valence-corrected chi connectivity index (χ2v) is 7.67. The second kappa shape index (κ2) is 8.23. The maximum absolute atomic E-state index is 13.0. The van der Waals surface area contributed by atoms with E-state index in [1.807, 2.05) is 22.3 Å². The summed E-state index contributed by atoms with van der Waals surface area (Å²) in [6, 6.07) is 1.48. The summed E-state index contributed by atoms with van der Waals surface area (Å²) in [7, 11) is 0. The summed E-state index contributed by atoms with van der Waals surface area (Å²) in [5, 5.41) is 8.56. The van der Waals surface area contributed by atoms with E-state index in [0.29, 0.717) is 37.3 Å². The number of hydrogen-bond acceptors (Lipinski definition) is 8. The van der Waals surface area contributed by atoms with Gasteiger partial charge in [-0.15, -0.1) is 0 Å². The molecule has 1 fully saturated rings. The molecule has 3 aliphatic rings. The number of cyclic esters (lactones) is 1. The molecular formula is C20H17ClF2N6O3. The summed E-state index contributed by atoms with van der Waals surface area (Å²) in [5.41, 5.74) is 1.16. The van der Waals surface area contributed by atoms with Gasteiger partial charge in [-0.3, -0.25) is 14.5 Å². The molecule has 12 heteroatoms. The van der Waals surface area contributed by atoms with Crippen LogP contribution >= 0.6 is 11.6 Å². The third-order valence-electron chi connectivity index (χ3n) is 5.12. The van der Waals surface area contributed by atoms with E-state index in [0.717, 1.165) is 5.82 Å². The Bertz CT molecular complexity index is 1150. The fraction of sp³-hybridized carbons (Fsp3) is 0.300. The molecule has 0 radical (unpaired) electrons. The molecule has 0 spiro atoms. The zero-order valence-electron chi connectivity index (χ0n) is 16.6. The van der Waals surface area contributed by atoms with E-state index in [1.165, 1.54) is 12.3 Å². The number of halogens is 3. The van der Waals surface area contributed by atoms with Crippen LogP contribution in [-0.4, -0.2) is 51.2 Å². The Labute approximate surface area is 186 Å². The highest BCUT2D eigenvalue weighted by molar-refractivity contribution is 6.30. The zero-order valence-corrected chi connectivity index (χ0v) is 17.3. The largest absolute Gasteiger partial charge is 0.460 e. The number of allylic oxidation sites excluding steroid dienone is 1. The van der Waals surface area contributed by atoms with Gasteiger partial charge in [-0.05, 0) is 24.6 Å². The van der Waals surface area contributed by atoms with Crippen LogP contribution in [0.5, 0.6) is 5.88 Å². The summed E-state index contributed by atoms with van der Waals surface area (Å²) in [6.45, 7) is -2.27. The molecule has 0 amide bonds. The lowest BCUT2D eigenvalue weighted by atomic mass is 10.1. The van der Waals surface area contributed by atoms with Crippen molar-refractivity contribution in [1.82, 2.24) is 19.8 Å². The van der Waals surface area contributed by atoms with Crippen molar-refractivity contribution < 1.29 is 23.0 Å². The van der Waals surface area contributed by atoms with Crippen molar-refractivity contribution in [2.75, 3.05) is 11.6 Å². The highest BCUT2D eigenvalue weighted by Gasteiger charge is 2.31. The third kappa shape index (κ3) is 3.91. The number of nitrogens with zero attached hydrogens (tertiary/aromatic N) is 6. The van der Waals surface area contributed by atoms with Gasteiger partial charge in [0.25, 0.3) is 0 Å². The van der Waals surface area contributed by atoms with E-state index in [2.05, 4.69) is 19.8 Å². The lowest BCUT2D eigenvalue weighted by Gasteiger charge is -2.30. The molecule has 32 heavy (non-hydrogen) atoms.